The standard InChI is InChI=1S/C18H24N2O.C17H22N2O.CH2O3.2K/c1-13-18(21)20(2)16-12-8-7-11-15(16)17(19-13)14-9-5-3-4-6-10-14;1-12-17(20)19-15-11-7-6-10-14(15)16(18-12)13-8-4-2-3-5-9-13;2-1-4-3;;/h7-8,11-14H,3-6,9-10H2,1-2H3;6-7,10-13H,2-5,8-9H2,1H3,(H,19,20);1,3H;;/q;;;;+1/p-1. The van der Waals surface area contributed by atoms with Gasteiger partial charge < -0.3 is 20.4 Å². The van der Waals surface area contributed by atoms with Crippen molar-refractivity contribution in [3.8, 4) is 0 Å². The van der Waals surface area contributed by atoms with E-state index in [2.05, 4.69) is 28.4 Å². The maximum atomic E-state index is 12.4. The van der Waals surface area contributed by atoms with Crippen molar-refractivity contribution in [3.05, 3.63) is 59.7 Å². The van der Waals surface area contributed by atoms with E-state index in [9.17, 15) is 9.59 Å². The third kappa shape index (κ3) is 12.0. The summed E-state index contributed by atoms with van der Waals surface area (Å²) in [6, 6.07) is 15.7. The first kappa shape index (κ1) is 42.6. The second-order valence-corrected chi connectivity index (χ2v) is 12.4. The number of amides is 2. The van der Waals surface area contributed by atoms with E-state index >= 15 is 0 Å². The van der Waals surface area contributed by atoms with E-state index < -0.39 is 0 Å². The van der Waals surface area contributed by atoms with Crippen LogP contribution in [0, 0.1) is 11.8 Å². The van der Waals surface area contributed by atoms with Gasteiger partial charge in [-0.2, -0.15) is 0 Å². The van der Waals surface area contributed by atoms with Gasteiger partial charge in [-0.05, 0) is 51.7 Å². The number of anilines is 2. The van der Waals surface area contributed by atoms with Gasteiger partial charge in [0.2, 0.25) is 5.91 Å². The first-order valence-corrected chi connectivity index (χ1v) is 16.5. The molecule has 9 nitrogen and oxygen atoms in total. The van der Waals surface area contributed by atoms with Crippen LogP contribution in [0.1, 0.15) is 102 Å². The molecule has 0 aromatic heterocycles. The molecule has 4 aliphatic rings. The Balaban J connectivity index is 0.000000283. The predicted octanol–water partition coefficient (Wildman–Crippen LogP) is 2.66. The topological polar surface area (TPSA) is 123 Å². The molecule has 2 unspecified atom stereocenters. The van der Waals surface area contributed by atoms with Crippen molar-refractivity contribution in [2.45, 2.75) is 103 Å². The quantitative estimate of drug-likeness (QED) is 0.174. The summed E-state index contributed by atoms with van der Waals surface area (Å²) in [5, 5.41) is 11.4. The van der Waals surface area contributed by atoms with Crippen LogP contribution in [-0.4, -0.2) is 100 Å². The van der Waals surface area contributed by atoms with Gasteiger partial charge in [0.15, 0.2) is 0 Å². The van der Waals surface area contributed by atoms with Crippen LogP contribution in [0.5, 0.6) is 0 Å². The van der Waals surface area contributed by atoms with Crippen LogP contribution in [0.25, 0.3) is 0 Å². The van der Waals surface area contributed by atoms with E-state index in [0.717, 1.165) is 33.9 Å². The number of benzene rings is 2. The molecule has 6 rings (SSSR count). The average Bonchev–Trinajstić information content (AvgIpc) is 3.58. The zero-order valence-corrected chi connectivity index (χ0v) is 35.1. The molecule has 2 aliphatic carbocycles. The number of likely N-dealkylation sites (N-methyl/N-ethyl adjacent to an activating group) is 1. The number of nitrogens with one attached hydrogen (secondary N) is 1. The molecule has 47 heavy (non-hydrogen) atoms. The number of hydrogen-bond acceptors (Lipinski definition) is 7. The molecule has 2 amide bonds. The number of carbonyl (C=O) groups is 3. The van der Waals surface area contributed by atoms with Crippen LogP contribution in [0.3, 0.4) is 0 Å². The zero-order valence-electron chi connectivity index (χ0n) is 28.9. The van der Waals surface area contributed by atoms with Crippen LogP contribution in [0.15, 0.2) is 58.5 Å². The van der Waals surface area contributed by atoms with E-state index in [4.69, 9.17) is 20.0 Å². The van der Waals surface area contributed by atoms with Gasteiger partial charge in [0.25, 0.3) is 12.4 Å². The summed E-state index contributed by atoms with van der Waals surface area (Å²) >= 11 is 0. The Morgan fingerprint density at radius 3 is 1.74 bits per heavy atom. The van der Waals surface area contributed by atoms with E-state index in [1.165, 1.54) is 77.0 Å². The summed E-state index contributed by atoms with van der Waals surface area (Å²) in [5.41, 5.74) is 6.52. The number of hydrogen-bond donors (Lipinski definition) is 1. The van der Waals surface area contributed by atoms with Gasteiger partial charge in [-0.1, -0.05) is 87.8 Å². The molecule has 2 aliphatic heterocycles. The number of benzodiazepines with no additional fused rings is 2. The zero-order chi connectivity index (χ0) is 32.2. The summed E-state index contributed by atoms with van der Waals surface area (Å²) < 4.78 is 0. The van der Waals surface area contributed by atoms with Crippen molar-refractivity contribution in [1.29, 1.82) is 0 Å². The number of para-hydroxylation sites is 2. The molecule has 243 valence electrons. The Bertz CT molecular complexity index is 1370. The van der Waals surface area contributed by atoms with Crippen molar-refractivity contribution < 1.29 is 75.9 Å². The molecule has 2 saturated carbocycles. The Morgan fingerprint density at radius 2 is 1.21 bits per heavy atom. The minimum absolute atomic E-state index is 0. The molecule has 0 bridgehead atoms. The maximum Gasteiger partial charge on any atom is 1.00 e. The van der Waals surface area contributed by atoms with Crippen molar-refractivity contribution in [3.63, 3.8) is 0 Å². The molecule has 2 aromatic rings. The minimum Gasteiger partial charge on any atom is -0.662 e. The van der Waals surface area contributed by atoms with Gasteiger partial charge in [0, 0.05) is 98.5 Å². The summed E-state index contributed by atoms with van der Waals surface area (Å²) in [4.78, 5) is 47.1. The third-order valence-electron chi connectivity index (χ3n) is 9.26. The van der Waals surface area contributed by atoms with Gasteiger partial charge in [0.1, 0.15) is 12.1 Å². The molecular formula is C36H47K2N4O5. The van der Waals surface area contributed by atoms with Crippen LogP contribution >= 0.6 is 0 Å². The maximum absolute atomic E-state index is 12.4. The molecule has 2 heterocycles. The normalized spacial score (nSPS) is 21.5. The van der Waals surface area contributed by atoms with E-state index in [1.807, 2.05) is 51.2 Å². The molecule has 11 heteroatoms. The minimum atomic E-state index is -0.291. The van der Waals surface area contributed by atoms with Crippen LogP contribution in [-0.2, 0) is 19.3 Å². The second-order valence-electron chi connectivity index (χ2n) is 12.4. The fourth-order valence-electron chi connectivity index (χ4n) is 6.86. The van der Waals surface area contributed by atoms with Gasteiger partial charge >= 0.3 is 51.4 Å². The third-order valence-corrected chi connectivity index (χ3v) is 9.26. The van der Waals surface area contributed by atoms with Crippen molar-refractivity contribution in [1.82, 2.24) is 0 Å². The van der Waals surface area contributed by atoms with Gasteiger partial charge in [-0.3, -0.25) is 24.4 Å². The Hall–Kier alpha value is -0.577. The van der Waals surface area contributed by atoms with E-state index in [1.54, 1.807) is 4.90 Å². The summed E-state index contributed by atoms with van der Waals surface area (Å²) in [5.74, 6) is 1.11. The Morgan fingerprint density at radius 1 is 0.766 bits per heavy atom. The number of nitrogens with zero attached hydrogens (tertiary/aromatic N) is 3. The summed E-state index contributed by atoms with van der Waals surface area (Å²) in [6.45, 7) is 3.62. The number of fused-ring (bicyclic) bond motifs is 2. The molecule has 0 spiro atoms. The molecule has 1 radical (unpaired) electrons. The number of rotatable bonds is 3. The van der Waals surface area contributed by atoms with Crippen molar-refractivity contribution in [2.75, 3.05) is 17.3 Å². The smallest absolute Gasteiger partial charge is 0.662 e. The monoisotopic (exact) mass is 693 g/mol. The first-order chi connectivity index (χ1) is 21.8. The largest absolute Gasteiger partial charge is 1.00 e. The Kier molecular flexibility index (Phi) is 20.2. The van der Waals surface area contributed by atoms with E-state index in [-0.39, 0.29) is 133 Å². The molecule has 2 aromatic carbocycles. The molecule has 0 saturated heterocycles. The van der Waals surface area contributed by atoms with Gasteiger partial charge in [-0.25, -0.2) is 0 Å². The van der Waals surface area contributed by atoms with Crippen LogP contribution < -0.4 is 66.9 Å². The Labute approximate surface area is 365 Å². The van der Waals surface area contributed by atoms with Crippen molar-refractivity contribution in [2.24, 2.45) is 21.8 Å². The average molecular weight is 694 g/mol. The molecular weight excluding hydrogens is 647 g/mol. The summed E-state index contributed by atoms with van der Waals surface area (Å²) in [6.07, 6.45) is 15.3. The van der Waals surface area contributed by atoms with Crippen molar-refractivity contribution >= 4 is 92.5 Å². The van der Waals surface area contributed by atoms with E-state index in [0.29, 0.717) is 11.8 Å². The number of carbonyl (C=O) groups excluding carboxylic acids is 3. The van der Waals surface area contributed by atoms with Gasteiger partial charge in [0.05, 0.1) is 5.69 Å². The second kappa shape index (κ2) is 22.3. The molecule has 2 fully saturated rings. The number of aliphatic imine (C=N–C) groups is 2. The first-order valence-electron chi connectivity index (χ1n) is 16.5. The predicted molar refractivity (Wildman–Crippen MR) is 182 cm³/mol. The molecule has 1 N–H and O–H groups in total. The van der Waals surface area contributed by atoms with Crippen LogP contribution in [0.4, 0.5) is 11.4 Å². The summed E-state index contributed by atoms with van der Waals surface area (Å²) in [7, 11) is 1.86. The van der Waals surface area contributed by atoms with Crippen LogP contribution in [0.2, 0.25) is 0 Å². The SMILES string of the molecule is CC1N=C(C2CCCCCC2)c2ccccc2N(C)C1=O.CC1N=C(C2CCCCCC2)c2ccccc2NC1=O.O=CO[O-].[K+].[K]. The fourth-order valence-corrected chi connectivity index (χ4v) is 6.86. The fraction of sp³-hybridized carbons (Fsp3) is 0.528. The van der Waals surface area contributed by atoms with Gasteiger partial charge in [-0.15, -0.1) is 0 Å². The molecule has 2 atom stereocenters.